The Morgan fingerprint density at radius 2 is 1.77 bits per heavy atom. The lowest BCUT2D eigenvalue weighted by Crippen LogP contribution is -2.33. The second-order valence-corrected chi connectivity index (χ2v) is 2.20. The molecule has 0 aliphatic carbocycles. The van der Waals surface area contributed by atoms with Crippen LogP contribution in [0.5, 0.6) is 5.75 Å². The predicted octanol–water partition coefficient (Wildman–Crippen LogP) is 2.72. The van der Waals surface area contributed by atoms with Gasteiger partial charge in [0.25, 0.3) is 0 Å². The number of benzene rings is 1. The molecule has 0 saturated carbocycles. The predicted molar refractivity (Wildman–Crippen MR) is 36.9 cm³/mol. The van der Waals surface area contributed by atoms with E-state index in [4.69, 9.17) is 0 Å². The van der Waals surface area contributed by atoms with E-state index in [-0.39, 0.29) is 5.75 Å². The minimum atomic E-state index is -4.44. The second kappa shape index (κ2) is 3.64. The molecule has 5 heteroatoms. The van der Waals surface area contributed by atoms with Gasteiger partial charge in [0.15, 0.2) is 0 Å². The molecule has 71 valence electrons. The Labute approximate surface area is 71.9 Å². The van der Waals surface area contributed by atoms with E-state index in [1.54, 1.807) is 0 Å². The quantitative estimate of drug-likeness (QED) is 0.670. The van der Waals surface area contributed by atoms with Crippen molar-refractivity contribution in [3.05, 3.63) is 30.3 Å². The van der Waals surface area contributed by atoms with Gasteiger partial charge in [0, 0.05) is 0 Å². The summed E-state index contributed by atoms with van der Waals surface area (Å²) in [5, 5.41) is 0. The number of hydrogen-bond acceptors (Lipinski definition) is 1. The molecule has 1 aromatic rings. The molecule has 0 N–H and O–H groups in total. The minimum Gasteiger partial charge on any atom is -0.428 e. The molecule has 0 heterocycles. The molecule has 1 radical (unpaired) electrons. The third-order valence-corrected chi connectivity index (χ3v) is 1.20. The summed E-state index contributed by atoms with van der Waals surface area (Å²) in [5.41, 5.74) is 0. The maximum Gasteiger partial charge on any atom is 0.461 e. The normalized spacial score (nSPS) is 11.8. The van der Waals surface area contributed by atoms with Gasteiger partial charge >= 0.3 is 12.5 Å². The fourth-order valence-corrected chi connectivity index (χ4v) is 0.641. The van der Waals surface area contributed by atoms with E-state index < -0.39 is 12.5 Å². The van der Waals surface area contributed by atoms with Crippen molar-refractivity contribution in [1.82, 2.24) is 0 Å². The van der Waals surface area contributed by atoms with Gasteiger partial charge in [0.05, 0.1) is 0 Å². The van der Waals surface area contributed by atoms with E-state index in [2.05, 4.69) is 10.8 Å². The topological polar surface area (TPSA) is 9.23 Å². The van der Waals surface area contributed by atoms with Crippen molar-refractivity contribution in [3.63, 3.8) is 0 Å². The molecule has 0 saturated heterocycles. The average Bonchev–Trinajstić information content (AvgIpc) is 2.05. The van der Waals surface area contributed by atoms with Crippen molar-refractivity contribution < 1.29 is 22.3 Å². The van der Waals surface area contributed by atoms with Gasteiger partial charge in [-0.05, 0) is 18.2 Å². The highest BCUT2D eigenvalue weighted by atomic mass is 19.3. The summed E-state index contributed by atoms with van der Waals surface area (Å²) in [7, 11) is 0. The Balaban J connectivity index is 2.69. The molecule has 0 fully saturated rings. The molecule has 0 amide bonds. The van der Waals surface area contributed by atoms with Crippen LogP contribution in [0.25, 0.3) is 0 Å². The maximum atomic E-state index is 12.2. The van der Waals surface area contributed by atoms with E-state index in [0.29, 0.717) is 0 Å². The average molecular weight is 193 g/mol. The Bertz CT molecular complexity index is 260. The molecule has 13 heavy (non-hydrogen) atoms. The number of hydrogen-bond donors (Lipinski definition) is 0. The molecule has 0 bridgehead atoms. The zero-order chi connectivity index (χ0) is 9.90. The number of alkyl halides is 4. The van der Waals surface area contributed by atoms with Gasteiger partial charge in [-0.25, -0.2) is 0 Å². The molecule has 1 nitrogen and oxygen atoms in total. The largest absolute Gasteiger partial charge is 0.461 e. The highest BCUT2D eigenvalue weighted by molar-refractivity contribution is 5.20. The van der Waals surface area contributed by atoms with Crippen molar-refractivity contribution in [1.29, 1.82) is 0 Å². The van der Waals surface area contributed by atoms with Crippen LogP contribution in [-0.4, -0.2) is 12.5 Å². The summed E-state index contributed by atoms with van der Waals surface area (Å²) >= 11 is 0. The van der Waals surface area contributed by atoms with Gasteiger partial charge in [-0.2, -0.15) is 17.6 Å². The third-order valence-electron chi connectivity index (χ3n) is 1.20. The number of halogens is 4. The number of ether oxygens (including phenoxy) is 1. The van der Waals surface area contributed by atoms with Crippen molar-refractivity contribution in [2.45, 2.75) is 12.5 Å². The van der Waals surface area contributed by atoms with Crippen LogP contribution in [0, 0.1) is 6.07 Å². The smallest absolute Gasteiger partial charge is 0.428 e. The van der Waals surface area contributed by atoms with Crippen molar-refractivity contribution in [2.75, 3.05) is 0 Å². The molecule has 0 aliphatic rings. The summed E-state index contributed by atoms with van der Waals surface area (Å²) in [6, 6.07) is 7.36. The maximum absolute atomic E-state index is 12.2. The Kier molecular flexibility index (Phi) is 2.75. The summed E-state index contributed by atoms with van der Waals surface area (Å²) in [6.07, 6.45) is -8.28. The monoisotopic (exact) mass is 193 g/mol. The molecule has 0 aliphatic heterocycles. The lowest BCUT2D eigenvalue weighted by molar-refractivity contribution is -0.253. The van der Waals surface area contributed by atoms with Gasteiger partial charge in [0.1, 0.15) is 5.75 Å². The van der Waals surface area contributed by atoms with Gasteiger partial charge in [-0.3, -0.25) is 0 Å². The van der Waals surface area contributed by atoms with Crippen LogP contribution in [0.4, 0.5) is 17.6 Å². The highest BCUT2D eigenvalue weighted by Crippen LogP contribution is 2.26. The SMILES string of the molecule is FC(F)C(F)(F)Oc1cc[c]cc1. The van der Waals surface area contributed by atoms with Gasteiger partial charge < -0.3 is 4.74 Å². The molecule has 0 unspecified atom stereocenters. The Morgan fingerprint density at radius 3 is 2.23 bits per heavy atom. The molecule has 1 rings (SSSR count). The van der Waals surface area contributed by atoms with Crippen LogP contribution >= 0.6 is 0 Å². The first-order valence-corrected chi connectivity index (χ1v) is 3.33. The van der Waals surface area contributed by atoms with Crippen molar-refractivity contribution in [2.24, 2.45) is 0 Å². The lowest BCUT2D eigenvalue weighted by atomic mass is 10.3. The minimum absolute atomic E-state index is 0.316. The third kappa shape index (κ3) is 2.61. The zero-order valence-electron chi connectivity index (χ0n) is 6.31. The van der Waals surface area contributed by atoms with E-state index in [1.807, 2.05) is 0 Å². The Hall–Kier alpha value is -1.26. The van der Waals surface area contributed by atoms with Crippen LogP contribution in [0.3, 0.4) is 0 Å². The van der Waals surface area contributed by atoms with Crippen molar-refractivity contribution in [3.8, 4) is 5.75 Å². The fraction of sp³-hybridized carbons (Fsp3) is 0.250. The van der Waals surface area contributed by atoms with Gasteiger partial charge in [-0.1, -0.05) is 12.1 Å². The van der Waals surface area contributed by atoms with Crippen LogP contribution in [0.15, 0.2) is 24.3 Å². The van der Waals surface area contributed by atoms with Crippen molar-refractivity contribution >= 4 is 0 Å². The number of rotatable bonds is 3. The summed E-state index contributed by atoms with van der Waals surface area (Å²) < 4.78 is 51.5. The van der Waals surface area contributed by atoms with E-state index in [0.717, 1.165) is 12.1 Å². The van der Waals surface area contributed by atoms with Gasteiger partial charge in [-0.15, -0.1) is 0 Å². The Morgan fingerprint density at radius 1 is 1.23 bits per heavy atom. The molecule has 1 aromatic carbocycles. The van der Waals surface area contributed by atoms with E-state index in [1.165, 1.54) is 12.1 Å². The first-order chi connectivity index (χ1) is 6.02. The van der Waals surface area contributed by atoms with Crippen LogP contribution in [-0.2, 0) is 0 Å². The second-order valence-electron chi connectivity index (χ2n) is 2.20. The van der Waals surface area contributed by atoms with E-state index >= 15 is 0 Å². The van der Waals surface area contributed by atoms with Crippen LogP contribution in [0.1, 0.15) is 0 Å². The summed E-state index contributed by atoms with van der Waals surface area (Å²) in [5.74, 6) is -0.316. The first-order valence-electron chi connectivity index (χ1n) is 3.33. The highest BCUT2D eigenvalue weighted by Gasteiger charge is 2.43. The standard InChI is InChI=1S/C8H5F4O/c9-7(10)8(11,12)13-6-4-2-1-3-5-6/h2-5,7H. The van der Waals surface area contributed by atoms with Gasteiger partial charge in [0.2, 0.25) is 0 Å². The molecule has 0 atom stereocenters. The molecular weight excluding hydrogens is 188 g/mol. The zero-order valence-corrected chi connectivity index (χ0v) is 6.31. The summed E-state index contributed by atoms with van der Waals surface area (Å²) in [6.45, 7) is 0. The molecule has 0 spiro atoms. The van der Waals surface area contributed by atoms with Crippen LogP contribution in [0.2, 0.25) is 0 Å². The molecule has 0 aromatic heterocycles. The van der Waals surface area contributed by atoms with Crippen LogP contribution < -0.4 is 4.74 Å². The lowest BCUT2D eigenvalue weighted by Gasteiger charge is -2.16. The summed E-state index contributed by atoms with van der Waals surface area (Å²) in [4.78, 5) is 0. The fourth-order valence-electron chi connectivity index (χ4n) is 0.641. The molecular formula is C8H5F4O. The first kappa shape index (κ1) is 9.83. The van der Waals surface area contributed by atoms with E-state index in [9.17, 15) is 17.6 Å².